The van der Waals surface area contributed by atoms with Gasteiger partial charge in [-0.1, -0.05) is 24.3 Å². The van der Waals surface area contributed by atoms with Gasteiger partial charge in [0.2, 0.25) is 17.7 Å². The maximum absolute atomic E-state index is 12.6. The van der Waals surface area contributed by atoms with Crippen LogP contribution in [0.4, 0.5) is 5.69 Å². The Morgan fingerprint density at radius 2 is 1.43 bits per heavy atom. The highest BCUT2D eigenvalue weighted by Crippen LogP contribution is 2.15. The van der Waals surface area contributed by atoms with Crippen molar-refractivity contribution < 1.29 is 19.1 Å². The van der Waals surface area contributed by atoms with Crippen molar-refractivity contribution in [3.8, 4) is 5.75 Å². The number of carbonyl (C=O) groups excluding carboxylic acids is 3. The van der Waals surface area contributed by atoms with E-state index in [-0.39, 0.29) is 17.7 Å². The third kappa shape index (κ3) is 5.83. The van der Waals surface area contributed by atoms with E-state index < -0.39 is 0 Å². The van der Waals surface area contributed by atoms with Gasteiger partial charge in [-0.05, 0) is 35.4 Å². The quantitative estimate of drug-likeness (QED) is 0.793. The molecule has 1 aliphatic heterocycles. The fourth-order valence-corrected chi connectivity index (χ4v) is 3.47. The molecule has 30 heavy (non-hydrogen) atoms. The number of nitrogens with one attached hydrogen (secondary N) is 1. The number of ether oxygens (including phenoxy) is 1. The highest BCUT2D eigenvalue weighted by molar-refractivity contribution is 5.88. The molecule has 0 saturated carbocycles. The molecular weight excluding hydrogens is 382 g/mol. The Hall–Kier alpha value is -3.35. The van der Waals surface area contributed by atoms with Crippen LogP contribution in [0.25, 0.3) is 0 Å². The molecule has 0 radical (unpaired) electrons. The number of hydrogen-bond acceptors (Lipinski definition) is 4. The summed E-state index contributed by atoms with van der Waals surface area (Å²) in [7, 11) is 1.61. The Bertz CT molecular complexity index is 903. The predicted octanol–water partition coefficient (Wildman–Crippen LogP) is 2.11. The van der Waals surface area contributed by atoms with Crippen LogP contribution in [0.15, 0.2) is 48.5 Å². The zero-order valence-corrected chi connectivity index (χ0v) is 17.4. The summed E-state index contributed by atoms with van der Waals surface area (Å²) >= 11 is 0. The lowest BCUT2D eigenvalue weighted by molar-refractivity contribution is -0.138. The summed E-state index contributed by atoms with van der Waals surface area (Å²) in [4.78, 5) is 39.9. The molecule has 158 valence electrons. The molecule has 3 rings (SSSR count). The summed E-state index contributed by atoms with van der Waals surface area (Å²) in [6.45, 7) is 3.60. The van der Waals surface area contributed by atoms with E-state index in [1.54, 1.807) is 24.1 Å². The van der Waals surface area contributed by atoms with E-state index >= 15 is 0 Å². The van der Waals surface area contributed by atoms with E-state index in [9.17, 15) is 14.4 Å². The first-order valence-corrected chi connectivity index (χ1v) is 9.99. The molecule has 1 fully saturated rings. The Morgan fingerprint density at radius 1 is 0.867 bits per heavy atom. The molecule has 1 heterocycles. The van der Waals surface area contributed by atoms with Gasteiger partial charge in [-0.2, -0.15) is 0 Å². The standard InChI is InChI=1S/C23H27N3O4/c1-17(27)24-20-8-6-18(7-9-20)15-22(28)25-10-12-26(13-11-25)23(29)16-19-4-3-5-21(14-19)30-2/h3-9,14H,10-13,15-16H2,1-2H3,(H,24,27). The number of benzene rings is 2. The molecule has 3 amide bonds. The number of rotatable bonds is 6. The van der Waals surface area contributed by atoms with Crippen molar-refractivity contribution in [2.45, 2.75) is 19.8 Å². The van der Waals surface area contributed by atoms with Crippen molar-refractivity contribution in [2.24, 2.45) is 0 Å². The fraction of sp³-hybridized carbons (Fsp3) is 0.348. The van der Waals surface area contributed by atoms with Crippen LogP contribution in [0.5, 0.6) is 5.75 Å². The topological polar surface area (TPSA) is 79.0 Å². The minimum atomic E-state index is -0.127. The van der Waals surface area contributed by atoms with Crippen molar-refractivity contribution in [3.63, 3.8) is 0 Å². The summed E-state index contributed by atoms with van der Waals surface area (Å²) in [5.41, 5.74) is 2.52. The maximum atomic E-state index is 12.6. The average Bonchev–Trinajstić information content (AvgIpc) is 2.75. The minimum absolute atomic E-state index is 0.0437. The Labute approximate surface area is 176 Å². The summed E-state index contributed by atoms with van der Waals surface area (Å²) < 4.78 is 5.21. The highest BCUT2D eigenvalue weighted by atomic mass is 16.5. The molecule has 2 aromatic carbocycles. The van der Waals surface area contributed by atoms with E-state index in [0.29, 0.717) is 44.7 Å². The van der Waals surface area contributed by atoms with Crippen LogP contribution in [0.2, 0.25) is 0 Å². The number of methoxy groups -OCH3 is 1. The molecule has 7 nitrogen and oxygen atoms in total. The summed E-state index contributed by atoms with van der Waals surface area (Å²) in [5.74, 6) is 0.713. The number of carbonyl (C=O) groups is 3. The molecule has 0 unspecified atom stereocenters. The predicted molar refractivity (Wildman–Crippen MR) is 114 cm³/mol. The largest absolute Gasteiger partial charge is 0.497 e. The van der Waals surface area contributed by atoms with Crippen LogP contribution in [0.1, 0.15) is 18.1 Å². The number of nitrogens with zero attached hydrogens (tertiary/aromatic N) is 2. The van der Waals surface area contributed by atoms with Gasteiger partial charge in [0.1, 0.15) is 5.75 Å². The second-order valence-corrected chi connectivity index (χ2v) is 7.34. The van der Waals surface area contributed by atoms with E-state index in [1.165, 1.54) is 6.92 Å². The second kappa shape index (κ2) is 9.91. The van der Waals surface area contributed by atoms with Crippen molar-refractivity contribution >= 4 is 23.4 Å². The molecule has 0 aromatic heterocycles. The van der Waals surface area contributed by atoms with Gasteiger partial charge in [0.25, 0.3) is 0 Å². The molecule has 2 aromatic rings. The molecule has 1 saturated heterocycles. The van der Waals surface area contributed by atoms with Gasteiger partial charge in [-0.25, -0.2) is 0 Å². The van der Waals surface area contributed by atoms with E-state index in [1.807, 2.05) is 41.3 Å². The van der Waals surface area contributed by atoms with Gasteiger partial charge in [0, 0.05) is 38.8 Å². The van der Waals surface area contributed by atoms with Crippen LogP contribution in [0.3, 0.4) is 0 Å². The summed E-state index contributed by atoms with van der Waals surface area (Å²) in [6.07, 6.45) is 0.629. The normalized spacial score (nSPS) is 13.7. The van der Waals surface area contributed by atoms with Crippen molar-refractivity contribution in [1.29, 1.82) is 0 Å². The van der Waals surface area contributed by atoms with Crippen LogP contribution in [0, 0.1) is 0 Å². The first-order valence-electron chi connectivity index (χ1n) is 9.99. The molecule has 0 bridgehead atoms. The first-order chi connectivity index (χ1) is 14.4. The van der Waals surface area contributed by atoms with Gasteiger partial charge in [-0.3, -0.25) is 14.4 Å². The van der Waals surface area contributed by atoms with Gasteiger partial charge in [0.05, 0.1) is 20.0 Å². The molecule has 7 heteroatoms. The zero-order chi connectivity index (χ0) is 21.5. The minimum Gasteiger partial charge on any atom is -0.497 e. The van der Waals surface area contributed by atoms with Crippen LogP contribution in [-0.2, 0) is 27.2 Å². The lowest BCUT2D eigenvalue weighted by Gasteiger charge is -2.35. The monoisotopic (exact) mass is 409 g/mol. The Balaban J connectivity index is 1.47. The zero-order valence-electron chi connectivity index (χ0n) is 17.4. The third-order valence-corrected chi connectivity index (χ3v) is 5.10. The van der Waals surface area contributed by atoms with E-state index in [0.717, 1.165) is 16.9 Å². The van der Waals surface area contributed by atoms with Gasteiger partial charge < -0.3 is 19.9 Å². The molecule has 1 N–H and O–H groups in total. The maximum Gasteiger partial charge on any atom is 0.227 e. The highest BCUT2D eigenvalue weighted by Gasteiger charge is 2.24. The van der Waals surface area contributed by atoms with Crippen molar-refractivity contribution in [2.75, 3.05) is 38.6 Å². The Morgan fingerprint density at radius 3 is 1.97 bits per heavy atom. The van der Waals surface area contributed by atoms with Gasteiger partial charge >= 0.3 is 0 Å². The lowest BCUT2D eigenvalue weighted by atomic mass is 10.1. The summed E-state index contributed by atoms with van der Waals surface area (Å²) in [5, 5.41) is 2.71. The second-order valence-electron chi connectivity index (χ2n) is 7.34. The van der Waals surface area contributed by atoms with Crippen LogP contribution >= 0.6 is 0 Å². The van der Waals surface area contributed by atoms with Crippen molar-refractivity contribution in [1.82, 2.24) is 9.80 Å². The van der Waals surface area contributed by atoms with Crippen LogP contribution in [-0.4, -0.2) is 60.8 Å². The van der Waals surface area contributed by atoms with E-state index in [2.05, 4.69) is 5.32 Å². The number of anilines is 1. The average molecular weight is 409 g/mol. The summed E-state index contributed by atoms with van der Waals surface area (Å²) in [6, 6.07) is 14.8. The molecule has 1 aliphatic rings. The van der Waals surface area contributed by atoms with Crippen LogP contribution < -0.4 is 10.1 Å². The number of amides is 3. The first kappa shape index (κ1) is 21.4. The number of hydrogen-bond donors (Lipinski definition) is 1. The SMILES string of the molecule is COc1cccc(CC(=O)N2CCN(C(=O)Cc3ccc(NC(C)=O)cc3)CC2)c1. The van der Waals surface area contributed by atoms with Gasteiger partial charge in [0.15, 0.2) is 0 Å². The molecule has 0 aliphatic carbocycles. The van der Waals surface area contributed by atoms with Gasteiger partial charge in [-0.15, -0.1) is 0 Å². The fourth-order valence-electron chi connectivity index (χ4n) is 3.47. The third-order valence-electron chi connectivity index (χ3n) is 5.10. The lowest BCUT2D eigenvalue weighted by Crippen LogP contribution is -2.51. The molecule has 0 atom stereocenters. The molecule has 0 spiro atoms. The smallest absolute Gasteiger partial charge is 0.227 e. The molecular formula is C23H27N3O4. The van der Waals surface area contributed by atoms with Crippen molar-refractivity contribution in [3.05, 3.63) is 59.7 Å². The Kier molecular flexibility index (Phi) is 7.06. The number of piperazine rings is 1. The van der Waals surface area contributed by atoms with E-state index in [4.69, 9.17) is 4.74 Å².